The lowest BCUT2D eigenvalue weighted by molar-refractivity contribution is -0.114. The SMILES string of the molecule is CCc1cccc(NCc2ccc(NC(C)=O)cc2)c1. The Hall–Kier alpha value is -2.29. The summed E-state index contributed by atoms with van der Waals surface area (Å²) in [6.45, 7) is 4.43. The van der Waals surface area contributed by atoms with Gasteiger partial charge in [-0.25, -0.2) is 0 Å². The molecule has 0 heterocycles. The minimum atomic E-state index is -0.0488. The number of anilines is 2. The van der Waals surface area contributed by atoms with Crippen molar-refractivity contribution in [1.29, 1.82) is 0 Å². The van der Waals surface area contributed by atoms with Crippen LogP contribution in [0.5, 0.6) is 0 Å². The predicted octanol–water partition coefficient (Wildman–Crippen LogP) is 3.82. The van der Waals surface area contributed by atoms with Crippen molar-refractivity contribution >= 4 is 17.3 Å². The third-order valence-corrected chi connectivity index (χ3v) is 3.11. The van der Waals surface area contributed by atoms with Crippen molar-refractivity contribution in [2.75, 3.05) is 10.6 Å². The van der Waals surface area contributed by atoms with Crippen molar-refractivity contribution in [2.45, 2.75) is 26.8 Å². The number of hydrogen-bond acceptors (Lipinski definition) is 2. The predicted molar refractivity (Wildman–Crippen MR) is 83.9 cm³/mol. The van der Waals surface area contributed by atoms with Crippen molar-refractivity contribution in [3.63, 3.8) is 0 Å². The van der Waals surface area contributed by atoms with E-state index in [1.807, 2.05) is 24.3 Å². The van der Waals surface area contributed by atoms with Gasteiger partial charge in [0.25, 0.3) is 0 Å². The number of carbonyl (C=O) groups is 1. The summed E-state index contributed by atoms with van der Waals surface area (Å²) in [5, 5.41) is 6.17. The van der Waals surface area contributed by atoms with Crippen molar-refractivity contribution in [2.24, 2.45) is 0 Å². The summed E-state index contributed by atoms with van der Waals surface area (Å²) in [7, 11) is 0. The number of hydrogen-bond donors (Lipinski definition) is 2. The van der Waals surface area contributed by atoms with Crippen LogP contribution >= 0.6 is 0 Å². The van der Waals surface area contributed by atoms with Gasteiger partial charge < -0.3 is 10.6 Å². The quantitative estimate of drug-likeness (QED) is 0.865. The highest BCUT2D eigenvalue weighted by molar-refractivity contribution is 5.88. The first-order valence-corrected chi connectivity index (χ1v) is 6.86. The number of amides is 1. The van der Waals surface area contributed by atoms with Gasteiger partial charge >= 0.3 is 0 Å². The van der Waals surface area contributed by atoms with Crippen LogP contribution in [0.2, 0.25) is 0 Å². The monoisotopic (exact) mass is 268 g/mol. The second-order valence-electron chi connectivity index (χ2n) is 4.79. The van der Waals surface area contributed by atoms with Gasteiger partial charge in [-0.15, -0.1) is 0 Å². The fourth-order valence-corrected chi connectivity index (χ4v) is 2.01. The van der Waals surface area contributed by atoms with Gasteiger partial charge in [0.1, 0.15) is 0 Å². The zero-order valence-corrected chi connectivity index (χ0v) is 11.9. The zero-order chi connectivity index (χ0) is 14.4. The van der Waals surface area contributed by atoms with Gasteiger partial charge in [0.15, 0.2) is 0 Å². The van der Waals surface area contributed by atoms with Crippen molar-refractivity contribution in [1.82, 2.24) is 0 Å². The van der Waals surface area contributed by atoms with E-state index in [2.05, 4.69) is 41.8 Å². The molecule has 2 aromatic carbocycles. The van der Waals surface area contributed by atoms with E-state index >= 15 is 0 Å². The van der Waals surface area contributed by atoms with Crippen LogP contribution < -0.4 is 10.6 Å². The minimum absolute atomic E-state index is 0.0488. The third kappa shape index (κ3) is 4.12. The first-order valence-electron chi connectivity index (χ1n) is 6.86. The normalized spacial score (nSPS) is 10.1. The average molecular weight is 268 g/mol. The van der Waals surface area contributed by atoms with Crippen LogP contribution in [0.25, 0.3) is 0 Å². The van der Waals surface area contributed by atoms with E-state index < -0.39 is 0 Å². The largest absolute Gasteiger partial charge is 0.381 e. The Morgan fingerprint density at radius 1 is 1.00 bits per heavy atom. The number of carbonyl (C=O) groups excluding carboxylic acids is 1. The molecule has 0 spiro atoms. The molecule has 2 N–H and O–H groups in total. The van der Waals surface area contributed by atoms with E-state index in [1.165, 1.54) is 18.1 Å². The lowest BCUT2D eigenvalue weighted by atomic mass is 10.1. The van der Waals surface area contributed by atoms with E-state index in [0.717, 1.165) is 24.3 Å². The van der Waals surface area contributed by atoms with Gasteiger partial charge in [0.2, 0.25) is 5.91 Å². The lowest BCUT2D eigenvalue weighted by Gasteiger charge is -2.09. The Morgan fingerprint density at radius 3 is 2.40 bits per heavy atom. The number of aryl methyl sites for hydroxylation is 1. The molecule has 20 heavy (non-hydrogen) atoms. The maximum Gasteiger partial charge on any atom is 0.221 e. The van der Waals surface area contributed by atoms with Crippen LogP contribution in [0.15, 0.2) is 48.5 Å². The van der Waals surface area contributed by atoms with E-state index in [9.17, 15) is 4.79 Å². The molecule has 0 aliphatic heterocycles. The molecule has 0 radical (unpaired) electrons. The molecule has 0 aliphatic carbocycles. The summed E-state index contributed by atoms with van der Waals surface area (Å²) < 4.78 is 0. The average Bonchev–Trinajstić information content (AvgIpc) is 2.46. The lowest BCUT2D eigenvalue weighted by Crippen LogP contribution is -2.06. The first-order chi connectivity index (χ1) is 9.67. The fourth-order valence-electron chi connectivity index (χ4n) is 2.01. The molecule has 3 nitrogen and oxygen atoms in total. The molecule has 0 saturated heterocycles. The zero-order valence-electron chi connectivity index (χ0n) is 11.9. The smallest absolute Gasteiger partial charge is 0.221 e. The summed E-state index contributed by atoms with van der Waals surface area (Å²) in [6.07, 6.45) is 1.04. The van der Waals surface area contributed by atoms with E-state index in [1.54, 1.807) is 0 Å². The van der Waals surface area contributed by atoms with Gasteiger partial charge in [-0.3, -0.25) is 4.79 Å². The van der Waals surface area contributed by atoms with E-state index in [4.69, 9.17) is 0 Å². The highest BCUT2D eigenvalue weighted by Gasteiger charge is 1.98. The minimum Gasteiger partial charge on any atom is -0.381 e. The molecule has 0 aromatic heterocycles. The summed E-state index contributed by atoms with van der Waals surface area (Å²) in [5.41, 5.74) is 4.47. The Morgan fingerprint density at radius 2 is 1.75 bits per heavy atom. The van der Waals surface area contributed by atoms with Gasteiger partial charge in [0.05, 0.1) is 0 Å². The maximum atomic E-state index is 10.9. The van der Waals surface area contributed by atoms with Gasteiger partial charge in [-0.05, 0) is 41.8 Å². The van der Waals surface area contributed by atoms with Crippen molar-refractivity contribution in [3.8, 4) is 0 Å². The summed E-state index contributed by atoms with van der Waals surface area (Å²) in [6, 6.07) is 16.3. The van der Waals surface area contributed by atoms with Crippen LogP contribution in [0.4, 0.5) is 11.4 Å². The summed E-state index contributed by atoms with van der Waals surface area (Å²) in [5.74, 6) is -0.0488. The van der Waals surface area contributed by atoms with Crippen LogP contribution in [0, 0.1) is 0 Å². The first kappa shape index (κ1) is 14.1. The molecular formula is C17H20N2O. The molecule has 2 aromatic rings. The van der Waals surface area contributed by atoms with Crippen LogP contribution in [0.1, 0.15) is 25.0 Å². The number of benzene rings is 2. The Kier molecular flexibility index (Phi) is 4.77. The molecular weight excluding hydrogens is 248 g/mol. The molecule has 0 aliphatic rings. The Bertz CT molecular complexity index is 576. The fraction of sp³-hybridized carbons (Fsp3) is 0.235. The summed E-state index contributed by atoms with van der Waals surface area (Å²) >= 11 is 0. The summed E-state index contributed by atoms with van der Waals surface area (Å²) in [4.78, 5) is 10.9. The Balaban J connectivity index is 1.94. The molecule has 2 rings (SSSR count). The standard InChI is InChI=1S/C17H20N2O/c1-3-14-5-4-6-17(11-14)18-12-15-7-9-16(10-8-15)19-13(2)20/h4-11,18H,3,12H2,1-2H3,(H,19,20). The van der Waals surface area contributed by atoms with E-state index in [-0.39, 0.29) is 5.91 Å². The molecule has 1 amide bonds. The third-order valence-electron chi connectivity index (χ3n) is 3.11. The maximum absolute atomic E-state index is 10.9. The van der Waals surface area contributed by atoms with Gasteiger partial charge in [0, 0.05) is 24.8 Å². The molecule has 104 valence electrons. The van der Waals surface area contributed by atoms with Gasteiger partial charge in [-0.1, -0.05) is 31.2 Å². The highest BCUT2D eigenvalue weighted by Crippen LogP contribution is 2.14. The van der Waals surface area contributed by atoms with Crippen molar-refractivity contribution in [3.05, 3.63) is 59.7 Å². The van der Waals surface area contributed by atoms with Crippen molar-refractivity contribution < 1.29 is 4.79 Å². The molecule has 0 unspecified atom stereocenters. The molecule has 3 heteroatoms. The second-order valence-corrected chi connectivity index (χ2v) is 4.79. The van der Waals surface area contributed by atoms with Crippen LogP contribution in [-0.2, 0) is 17.8 Å². The topological polar surface area (TPSA) is 41.1 Å². The van der Waals surface area contributed by atoms with Crippen LogP contribution in [-0.4, -0.2) is 5.91 Å². The number of nitrogens with one attached hydrogen (secondary N) is 2. The second kappa shape index (κ2) is 6.75. The highest BCUT2D eigenvalue weighted by atomic mass is 16.1. The molecule has 0 saturated carbocycles. The van der Waals surface area contributed by atoms with E-state index in [0.29, 0.717) is 0 Å². The Labute approximate surface area is 120 Å². The molecule has 0 atom stereocenters. The van der Waals surface area contributed by atoms with Crippen LogP contribution in [0.3, 0.4) is 0 Å². The molecule has 0 bridgehead atoms. The number of rotatable bonds is 5. The van der Waals surface area contributed by atoms with Gasteiger partial charge in [-0.2, -0.15) is 0 Å². The molecule has 0 fully saturated rings.